The first-order valence-corrected chi connectivity index (χ1v) is 25.8. The Balaban J connectivity index is 4.47. The van der Waals surface area contributed by atoms with Gasteiger partial charge in [-0.1, -0.05) is 208 Å². The van der Waals surface area contributed by atoms with Crippen LogP contribution in [0.25, 0.3) is 0 Å². The lowest BCUT2D eigenvalue weighted by Crippen LogP contribution is -2.30. The zero-order valence-corrected chi connectivity index (χ0v) is 40.8. The van der Waals surface area contributed by atoms with Crippen molar-refractivity contribution in [2.45, 2.75) is 232 Å². The summed E-state index contributed by atoms with van der Waals surface area (Å²) in [6.07, 6.45) is 66.7. The van der Waals surface area contributed by atoms with Crippen molar-refractivity contribution in [3.05, 3.63) is 97.2 Å². The fraction of sp³-hybridized carbons (Fsp3) is 0.667. The van der Waals surface area contributed by atoms with Crippen molar-refractivity contribution in [2.24, 2.45) is 0 Å². The van der Waals surface area contributed by atoms with Crippen molar-refractivity contribution < 1.29 is 28.6 Å². The second-order valence-corrected chi connectivity index (χ2v) is 16.8. The maximum Gasteiger partial charge on any atom is 0.306 e. The number of hydrogen-bond donors (Lipinski definition) is 0. The predicted molar refractivity (Wildman–Crippen MR) is 270 cm³/mol. The molecule has 358 valence electrons. The van der Waals surface area contributed by atoms with Crippen LogP contribution in [0, 0.1) is 0 Å². The highest BCUT2D eigenvalue weighted by atomic mass is 16.6. The molecule has 0 aromatic carbocycles. The van der Waals surface area contributed by atoms with Gasteiger partial charge in [-0.05, 0) is 96.3 Å². The number of ether oxygens (including phenoxy) is 3. The maximum absolute atomic E-state index is 12.8. The molecule has 1 atom stereocenters. The second kappa shape index (κ2) is 51.0. The molecule has 0 bridgehead atoms. The van der Waals surface area contributed by atoms with E-state index in [4.69, 9.17) is 14.2 Å². The molecule has 0 spiro atoms. The number of hydrogen-bond acceptors (Lipinski definition) is 6. The van der Waals surface area contributed by atoms with Gasteiger partial charge in [-0.25, -0.2) is 0 Å². The molecule has 63 heavy (non-hydrogen) atoms. The van der Waals surface area contributed by atoms with Gasteiger partial charge in [-0.3, -0.25) is 14.4 Å². The van der Waals surface area contributed by atoms with Crippen LogP contribution in [0.2, 0.25) is 0 Å². The van der Waals surface area contributed by atoms with E-state index in [0.717, 1.165) is 128 Å². The van der Waals surface area contributed by atoms with E-state index in [9.17, 15) is 14.4 Å². The third-order valence-electron chi connectivity index (χ3n) is 10.7. The normalized spacial score (nSPS) is 12.9. The Morgan fingerprint density at radius 1 is 0.349 bits per heavy atom. The third kappa shape index (κ3) is 49.2. The zero-order chi connectivity index (χ0) is 45.8. The average Bonchev–Trinajstić information content (AvgIpc) is 3.28. The standard InChI is InChI=1S/C57H94O6/c1-4-7-10-13-16-19-22-25-27-28-29-31-32-35-38-41-44-47-50-56(59)62-53-54(52-61-55(58)49-46-43-40-37-34-24-21-18-15-12-9-6-3)63-57(60)51-48-45-42-39-36-33-30-26-23-20-17-14-11-8-5-2/h9,12,16-23,25-29,31,54H,4-8,10-11,13-15,24,30,32-53H2,1-3H3/b12-9-,19-16-,20-17-,21-18-,25-22-,26-23-,28-27-,31-29-. The number of carbonyl (C=O) groups excluding carboxylic acids is 3. The lowest BCUT2D eigenvalue weighted by molar-refractivity contribution is -0.167. The Hall–Kier alpha value is -3.67. The lowest BCUT2D eigenvalue weighted by atomic mass is 10.1. The van der Waals surface area contributed by atoms with Gasteiger partial charge in [-0.2, -0.15) is 0 Å². The molecule has 0 saturated heterocycles. The fourth-order valence-electron chi connectivity index (χ4n) is 6.78. The van der Waals surface area contributed by atoms with E-state index < -0.39 is 6.10 Å². The van der Waals surface area contributed by atoms with Gasteiger partial charge in [0.25, 0.3) is 0 Å². The monoisotopic (exact) mass is 875 g/mol. The van der Waals surface area contributed by atoms with E-state index in [1.807, 2.05) is 0 Å². The van der Waals surface area contributed by atoms with E-state index in [1.54, 1.807) is 0 Å². The largest absolute Gasteiger partial charge is 0.462 e. The minimum absolute atomic E-state index is 0.0990. The molecular formula is C57H94O6. The summed E-state index contributed by atoms with van der Waals surface area (Å²) in [7, 11) is 0. The lowest BCUT2D eigenvalue weighted by Gasteiger charge is -2.18. The van der Waals surface area contributed by atoms with Gasteiger partial charge in [0.2, 0.25) is 0 Å². The van der Waals surface area contributed by atoms with Crippen LogP contribution in [0.3, 0.4) is 0 Å². The van der Waals surface area contributed by atoms with Crippen molar-refractivity contribution in [1.29, 1.82) is 0 Å². The van der Waals surface area contributed by atoms with E-state index >= 15 is 0 Å². The molecule has 0 rings (SSSR count). The van der Waals surface area contributed by atoms with Crippen LogP contribution in [0.5, 0.6) is 0 Å². The van der Waals surface area contributed by atoms with E-state index in [2.05, 4.69) is 118 Å². The molecule has 0 aliphatic carbocycles. The summed E-state index contributed by atoms with van der Waals surface area (Å²) < 4.78 is 16.8. The molecular weight excluding hydrogens is 781 g/mol. The number of rotatable bonds is 45. The van der Waals surface area contributed by atoms with Crippen molar-refractivity contribution in [1.82, 2.24) is 0 Å². The first-order chi connectivity index (χ1) is 31.0. The fourth-order valence-corrected chi connectivity index (χ4v) is 6.78. The van der Waals surface area contributed by atoms with Gasteiger partial charge in [0.15, 0.2) is 6.10 Å². The van der Waals surface area contributed by atoms with Crippen LogP contribution < -0.4 is 0 Å². The Morgan fingerprint density at radius 3 is 1.11 bits per heavy atom. The average molecular weight is 875 g/mol. The van der Waals surface area contributed by atoms with Crippen molar-refractivity contribution in [3.8, 4) is 0 Å². The van der Waals surface area contributed by atoms with Gasteiger partial charge < -0.3 is 14.2 Å². The zero-order valence-electron chi connectivity index (χ0n) is 40.8. The Labute approximate surface area is 387 Å². The Kier molecular flexibility index (Phi) is 48.0. The molecule has 0 aliphatic rings. The molecule has 0 radical (unpaired) electrons. The first-order valence-electron chi connectivity index (χ1n) is 25.8. The van der Waals surface area contributed by atoms with Crippen LogP contribution in [0.1, 0.15) is 226 Å². The molecule has 0 aliphatic heterocycles. The number of unbranched alkanes of at least 4 members (excludes halogenated alkanes) is 22. The Morgan fingerprint density at radius 2 is 0.683 bits per heavy atom. The summed E-state index contributed by atoms with van der Waals surface area (Å²) in [6, 6.07) is 0. The molecule has 0 amide bonds. The summed E-state index contributed by atoms with van der Waals surface area (Å²) in [5.41, 5.74) is 0. The van der Waals surface area contributed by atoms with E-state index in [0.29, 0.717) is 19.3 Å². The van der Waals surface area contributed by atoms with Crippen molar-refractivity contribution in [2.75, 3.05) is 13.2 Å². The molecule has 6 nitrogen and oxygen atoms in total. The summed E-state index contributed by atoms with van der Waals surface area (Å²) in [5, 5.41) is 0. The first kappa shape index (κ1) is 59.3. The molecule has 6 heteroatoms. The molecule has 1 unspecified atom stereocenters. The molecule has 0 saturated carbocycles. The summed E-state index contributed by atoms with van der Waals surface area (Å²) in [4.78, 5) is 38.0. The summed E-state index contributed by atoms with van der Waals surface area (Å²) in [5.74, 6) is -0.951. The molecule has 0 N–H and O–H groups in total. The van der Waals surface area contributed by atoms with Crippen molar-refractivity contribution in [3.63, 3.8) is 0 Å². The van der Waals surface area contributed by atoms with Gasteiger partial charge in [0, 0.05) is 19.3 Å². The smallest absolute Gasteiger partial charge is 0.306 e. The highest BCUT2D eigenvalue weighted by Crippen LogP contribution is 2.13. The minimum atomic E-state index is -0.800. The Bertz CT molecular complexity index is 1280. The highest BCUT2D eigenvalue weighted by molar-refractivity contribution is 5.71. The SMILES string of the molecule is CC/C=C\C/C=C\CCCCCCCC(=O)OCC(COC(=O)CCCCCCC\C=C/C=C\C=C/C=C\CCCCC)OC(=O)CCCCCCCC/C=C\C=C/CCCCC. The van der Waals surface area contributed by atoms with Crippen LogP contribution in [0.15, 0.2) is 97.2 Å². The molecule has 0 heterocycles. The van der Waals surface area contributed by atoms with Crippen LogP contribution in [0.4, 0.5) is 0 Å². The minimum Gasteiger partial charge on any atom is -0.462 e. The summed E-state index contributed by atoms with van der Waals surface area (Å²) >= 11 is 0. The molecule has 0 aromatic rings. The number of esters is 3. The number of allylic oxidation sites excluding steroid dienone is 16. The van der Waals surface area contributed by atoms with E-state index in [-0.39, 0.29) is 31.1 Å². The van der Waals surface area contributed by atoms with Gasteiger partial charge in [0.05, 0.1) is 0 Å². The molecule has 0 aromatic heterocycles. The number of carbonyl (C=O) groups is 3. The van der Waals surface area contributed by atoms with Crippen molar-refractivity contribution >= 4 is 17.9 Å². The van der Waals surface area contributed by atoms with Gasteiger partial charge in [-0.15, -0.1) is 0 Å². The predicted octanol–water partition coefficient (Wildman–Crippen LogP) is 17.0. The van der Waals surface area contributed by atoms with Gasteiger partial charge >= 0.3 is 17.9 Å². The third-order valence-corrected chi connectivity index (χ3v) is 10.7. The topological polar surface area (TPSA) is 78.9 Å². The van der Waals surface area contributed by atoms with E-state index in [1.165, 1.54) is 57.8 Å². The summed E-state index contributed by atoms with van der Waals surface area (Å²) in [6.45, 7) is 6.41. The maximum atomic E-state index is 12.8. The van der Waals surface area contributed by atoms with Crippen LogP contribution >= 0.6 is 0 Å². The van der Waals surface area contributed by atoms with Crippen LogP contribution in [-0.2, 0) is 28.6 Å². The van der Waals surface area contributed by atoms with Gasteiger partial charge in [0.1, 0.15) is 13.2 Å². The highest BCUT2D eigenvalue weighted by Gasteiger charge is 2.19. The van der Waals surface area contributed by atoms with Crippen LogP contribution in [-0.4, -0.2) is 37.2 Å². The second-order valence-electron chi connectivity index (χ2n) is 16.8. The quantitative estimate of drug-likeness (QED) is 0.0199. The molecule has 0 fully saturated rings.